The third-order valence-electron chi connectivity index (χ3n) is 3.03. The largest absolute Gasteiger partial charge is 0.392 e. The van der Waals surface area contributed by atoms with Crippen LogP contribution in [0.1, 0.15) is 12.0 Å². The Kier molecular flexibility index (Phi) is 3.29. The molecule has 1 aliphatic heterocycles. The van der Waals surface area contributed by atoms with Crippen LogP contribution >= 0.6 is 0 Å². The van der Waals surface area contributed by atoms with Gasteiger partial charge < -0.3 is 15.7 Å². The minimum Gasteiger partial charge on any atom is -0.392 e. The highest BCUT2D eigenvalue weighted by molar-refractivity contribution is 6.00. The van der Waals surface area contributed by atoms with Crippen molar-refractivity contribution in [3.8, 4) is 0 Å². The standard InChI is InChI=1S/C12H13FN2O3/c13-9-1-2-10(8(3-9)6-16)15-5-7(12(14)18)4-11(15)17/h1-3,7,16H,4-6H2,(H2,14,18). The molecule has 1 aliphatic rings. The molecule has 6 heteroatoms. The number of nitrogens with two attached hydrogens (primary N) is 1. The van der Waals surface area contributed by atoms with E-state index in [1.807, 2.05) is 0 Å². The average Bonchev–Trinajstić information content (AvgIpc) is 2.71. The lowest BCUT2D eigenvalue weighted by Gasteiger charge is -2.19. The number of halogens is 1. The number of amides is 2. The third-order valence-corrected chi connectivity index (χ3v) is 3.03. The van der Waals surface area contributed by atoms with E-state index in [0.29, 0.717) is 11.3 Å². The van der Waals surface area contributed by atoms with Crippen LogP contribution in [-0.4, -0.2) is 23.5 Å². The Morgan fingerprint density at radius 3 is 2.83 bits per heavy atom. The Bertz CT molecular complexity index is 504. The quantitative estimate of drug-likeness (QED) is 0.803. The fourth-order valence-electron chi connectivity index (χ4n) is 2.08. The second-order valence-electron chi connectivity index (χ2n) is 4.24. The van der Waals surface area contributed by atoms with E-state index in [4.69, 9.17) is 10.8 Å². The first-order valence-corrected chi connectivity index (χ1v) is 5.52. The van der Waals surface area contributed by atoms with Crippen molar-refractivity contribution >= 4 is 17.5 Å². The Hall–Kier alpha value is -1.95. The van der Waals surface area contributed by atoms with Crippen LogP contribution in [-0.2, 0) is 16.2 Å². The van der Waals surface area contributed by atoms with Crippen molar-refractivity contribution in [1.82, 2.24) is 0 Å². The van der Waals surface area contributed by atoms with E-state index in [0.717, 1.165) is 0 Å². The summed E-state index contributed by atoms with van der Waals surface area (Å²) in [6.45, 7) is -0.203. The average molecular weight is 252 g/mol. The normalized spacial score (nSPS) is 19.3. The van der Waals surface area contributed by atoms with Crippen LogP contribution in [0.4, 0.5) is 10.1 Å². The van der Waals surface area contributed by atoms with E-state index in [9.17, 15) is 14.0 Å². The number of anilines is 1. The highest BCUT2D eigenvalue weighted by Crippen LogP contribution is 2.28. The molecule has 1 aromatic rings. The first kappa shape index (κ1) is 12.5. The van der Waals surface area contributed by atoms with Crippen LogP contribution in [0.25, 0.3) is 0 Å². The monoisotopic (exact) mass is 252 g/mol. The fourth-order valence-corrected chi connectivity index (χ4v) is 2.08. The molecular formula is C12H13FN2O3. The van der Waals surface area contributed by atoms with E-state index in [2.05, 4.69) is 0 Å². The second kappa shape index (κ2) is 4.73. The number of carbonyl (C=O) groups excluding carboxylic acids is 2. The molecule has 18 heavy (non-hydrogen) atoms. The lowest BCUT2D eigenvalue weighted by atomic mass is 10.1. The molecule has 2 rings (SSSR count). The summed E-state index contributed by atoms with van der Waals surface area (Å²) in [6, 6.07) is 3.79. The van der Waals surface area contributed by atoms with Gasteiger partial charge >= 0.3 is 0 Å². The molecule has 1 unspecified atom stereocenters. The zero-order valence-corrected chi connectivity index (χ0v) is 9.60. The number of benzene rings is 1. The van der Waals surface area contributed by atoms with Gasteiger partial charge in [-0.15, -0.1) is 0 Å². The van der Waals surface area contributed by atoms with Gasteiger partial charge in [0, 0.05) is 24.2 Å². The number of nitrogens with zero attached hydrogens (tertiary/aromatic N) is 1. The number of aliphatic hydroxyl groups excluding tert-OH is 1. The summed E-state index contributed by atoms with van der Waals surface area (Å²) < 4.78 is 13.0. The lowest BCUT2D eigenvalue weighted by Crippen LogP contribution is -2.29. The summed E-state index contributed by atoms with van der Waals surface area (Å²) in [5, 5.41) is 9.17. The molecule has 2 amide bonds. The maximum atomic E-state index is 13.0. The van der Waals surface area contributed by atoms with E-state index < -0.39 is 17.6 Å². The van der Waals surface area contributed by atoms with E-state index in [-0.39, 0.29) is 25.5 Å². The van der Waals surface area contributed by atoms with Gasteiger partial charge in [0.05, 0.1) is 12.5 Å². The zero-order valence-electron chi connectivity index (χ0n) is 9.60. The van der Waals surface area contributed by atoms with Crippen LogP contribution in [0.5, 0.6) is 0 Å². The smallest absolute Gasteiger partial charge is 0.227 e. The Balaban J connectivity index is 2.32. The van der Waals surface area contributed by atoms with Crippen molar-refractivity contribution in [1.29, 1.82) is 0 Å². The van der Waals surface area contributed by atoms with Crippen LogP contribution in [0.2, 0.25) is 0 Å². The van der Waals surface area contributed by atoms with Gasteiger partial charge in [-0.3, -0.25) is 9.59 Å². The summed E-state index contributed by atoms with van der Waals surface area (Å²) in [5.74, 6) is -1.80. The highest BCUT2D eigenvalue weighted by atomic mass is 19.1. The van der Waals surface area contributed by atoms with Gasteiger partial charge in [-0.05, 0) is 18.2 Å². The third kappa shape index (κ3) is 2.19. The van der Waals surface area contributed by atoms with Gasteiger partial charge in [0.2, 0.25) is 11.8 Å². The SMILES string of the molecule is NC(=O)C1CC(=O)N(c2ccc(F)cc2CO)C1. The summed E-state index contributed by atoms with van der Waals surface area (Å²) in [5.41, 5.74) is 5.90. The first-order valence-electron chi connectivity index (χ1n) is 5.52. The van der Waals surface area contributed by atoms with Gasteiger partial charge in [0.1, 0.15) is 5.82 Å². The second-order valence-corrected chi connectivity index (χ2v) is 4.24. The summed E-state index contributed by atoms with van der Waals surface area (Å²) in [4.78, 5) is 24.2. The number of primary amides is 1. The first-order chi connectivity index (χ1) is 8.52. The zero-order chi connectivity index (χ0) is 13.3. The molecule has 0 aromatic heterocycles. The van der Waals surface area contributed by atoms with Gasteiger partial charge in [-0.2, -0.15) is 0 Å². The minimum atomic E-state index is -0.533. The number of hydrogen-bond donors (Lipinski definition) is 2. The highest BCUT2D eigenvalue weighted by Gasteiger charge is 2.34. The maximum Gasteiger partial charge on any atom is 0.227 e. The molecule has 1 atom stereocenters. The van der Waals surface area contributed by atoms with E-state index in [1.54, 1.807) is 0 Å². The lowest BCUT2D eigenvalue weighted by molar-refractivity contribution is -0.123. The molecule has 3 N–H and O–H groups in total. The molecule has 1 aromatic carbocycles. The van der Waals surface area contributed by atoms with Gasteiger partial charge in [0.25, 0.3) is 0 Å². The Morgan fingerprint density at radius 1 is 1.56 bits per heavy atom. The van der Waals surface area contributed by atoms with Crippen LogP contribution in [0, 0.1) is 11.7 Å². The van der Waals surface area contributed by atoms with Gasteiger partial charge in [-0.1, -0.05) is 0 Å². The van der Waals surface area contributed by atoms with E-state index >= 15 is 0 Å². The molecule has 0 aliphatic carbocycles. The molecule has 1 saturated heterocycles. The predicted molar refractivity (Wildman–Crippen MR) is 62.0 cm³/mol. The molecule has 1 fully saturated rings. The van der Waals surface area contributed by atoms with Crippen molar-refractivity contribution in [3.63, 3.8) is 0 Å². The Labute approximate surface area is 103 Å². The molecule has 1 heterocycles. The number of carbonyl (C=O) groups is 2. The molecule has 0 spiro atoms. The van der Waals surface area contributed by atoms with E-state index in [1.165, 1.54) is 23.1 Å². The summed E-state index contributed by atoms with van der Waals surface area (Å²) >= 11 is 0. The molecular weight excluding hydrogens is 239 g/mol. The van der Waals surface area contributed by atoms with Crippen molar-refractivity contribution in [3.05, 3.63) is 29.6 Å². The number of rotatable bonds is 3. The van der Waals surface area contributed by atoms with Crippen LogP contribution in [0.3, 0.4) is 0 Å². The number of aliphatic hydroxyl groups is 1. The van der Waals surface area contributed by atoms with Crippen LogP contribution < -0.4 is 10.6 Å². The van der Waals surface area contributed by atoms with Gasteiger partial charge in [-0.25, -0.2) is 4.39 Å². The summed E-state index contributed by atoms with van der Waals surface area (Å²) in [7, 11) is 0. The molecule has 96 valence electrons. The maximum absolute atomic E-state index is 13.0. The van der Waals surface area contributed by atoms with Crippen molar-refractivity contribution in [2.45, 2.75) is 13.0 Å². The molecule has 5 nitrogen and oxygen atoms in total. The molecule has 0 bridgehead atoms. The summed E-state index contributed by atoms with van der Waals surface area (Å²) in [6.07, 6.45) is 0.0532. The van der Waals surface area contributed by atoms with Gasteiger partial charge in [0.15, 0.2) is 0 Å². The molecule has 0 saturated carbocycles. The fraction of sp³-hybridized carbons (Fsp3) is 0.333. The van der Waals surface area contributed by atoms with Crippen LogP contribution in [0.15, 0.2) is 18.2 Å². The topological polar surface area (TPSA) is 83.6 Å². The molecule has 0 radical (unpaired) electrons. The Morgan fingerprint density at radius 2 is 2.28 bits per heavy atom. The predicted octanol–water partition coefficient (Wildman–Crippen LogP) is 0.156. The minimum absolute atomic E-state index is 0.0532. The number of hydrogen-bond acceptors (Lipinski definition) is 3. The van der Waals surface area contributed by atoms with Crippen molar-refractivity contribution in [2.75, 3.05) is 11.4 Å². The van der Waals surface area contributed by atoms with Crippen molar-refractivity contribution in [2.24, 2.45) is 11.7 Å². The van der Waals surface area contributed by atoms with Crippen molar-refractivity contribution < 1.29 is 19.1 Å².